The third-order valence-electron chi connectivity index (χ3n) is 9.10. The van der Waals surface area contributed by atoms with E-state index in [-0.39, 0.29) is 40.3 Å². The summed E-state index contributed by atoms with van der Waals surface area (Å²) in [6.45, 7) is 43.8. The Morgan fingerprint density at radius 3 is 1.30 bits per heavy atom. The summed E-state index contributed by atoms with van der Waals surface area (Å²) in [4.78, 5) is 25.4. The van der Waals surface area contributed by atoms with Gasteiger partial charge in [-0.15, -0.1) is 0 Å². The van der Waals surface area contributed by atoms with Gasteiger partial charge in [-0.2, -0.15) is 0 Å². The van der Waals surface area contributed by atoms with Gasteiger partial charge < -0.3 is 29.6 Å². The summed E-state index contributed by atoms with van der Waals surface area (Å²) in [5, 5.41) is 3.86. The maximum Gasteiger partial charge on any atom is 0.195 e. The molecule has 0 saturated heterocycles. The standard InChI is InChI=1S/C41H88N6O6P2S2/c1-30(2)44(31(3)4)54(45(32(5)6)33(7)8)52-21-19-50-23-25-56-39(48)37(15)27-43-28-38(16)47(36(13)14)55(46(34(9)10)35(11)12)53-22-20-51-24-26-57-40(49)41(17,18)29-42/h30-38,43H,19-29,42H2,1-18H3. The molecule has 0 aromatic carbocycles. The van der Waals surface area contributed by atoms with Crippen LogP contribution in [0.4, 0.5) is 0 Å². The van der Waals surface area contributed by atoms with E-state index in [0.29, 0.717) is 88.4 Å². The molecule has 0 aliphatic rings. The first-order valence-electron chi connectivity index (χ1n) is 21.4. The molecule has 0 aromatic rings. The predicted octanol–water partition coefficient (Wildman–Crippen LogP) is 8.69. The Hall–Kier alpha value is 0.500. The minimum Gasteiger partial charge on any atom is -0.378 e. The molecule has 3 atom stereocenters. The summed E-state index contributed by atoms with van der Waals surface area (Å²) in [5.74, 6) is 1.10. The zero-order valence-electron chi connectivity index (χ0n) is 39.5. The molecule has 0 radical (unpaired) electrons. The number of nitrogens with two attached hydrogens (primary N) is 1. The molecule has 0 spiro atoms. The van der Waals surface area contributed by atoms with Gasteiger partial charge in [-0.1, -0.05) is 44.3 Å². The van der Waals surface area contributed by atoms with Crippen molar-refractivity contribution in [2.75, 3.05) is 70.8 Å². The van der Waals surface area contributed by atoms with Gasteiger partial charge in [0.15, 0.2) is 27.1 Å². The lowest BCUT2D eigenvalue weighted by Gasteiger charge is -2.46. The first-order valence-corrected chi connectivity index (χ1v) is 25.7. The lowest BCUT2D eigenvalue weighted by atomic mass is 9.96. The molecule has 0 saturated carbocycles. The highest BCUT2D eigenvalue weighted by atomic mass is 32.2. The van der Waals surface area contributed by atoms with Crippen LogP contribution in [0.1, 0.15) is 125 Å². The second-order valence-corrected chi connectivity index (χ2v) is 22.9. The summed E-state index contributed by atoms with van der Waals surface area (Å²) < 4.78 is 35.0. The summed E-state index contributed by atoms with van der Waals surface area (Å²) in [6, 6.07) is 2.45. The van der Waals surface area contributed by atoms with Gasteiger partial charge >= 0.3 is 0 Å². The van der Waals surface area contributed by atoms with Crippen LogP contribution in [0.5, 0.6) is 0 Å². The van der Waals surface area contributed by atoms with Crippen LogP contribution in [0.15, 0.2) is 0 Å². The topological polar surface area (TPSA) is 122 Å². The van der Waals surface area contributed by atoms with Crippen LogP contribution in [0, 0.1) is 11.3 Å². The van der Waals surface area contributed by atoms with Crippen LogP contribution in [0.25, 0.3) is 0 Å². The van der Waals surface area contributed by atoms with E-state index in [9.17, 15) is 9.59 Å². The van der Waals surface area contributed by atoms with Crippen molar-refractivity contribution in [3.8, 4) is 0 Å². The Balaban J connectivity index is 5.05. The number of ether oxygens (including phenoxy) is 2. The molecule has 57 heavy (non-hydrogen) atoms. The van der Waals surface area contributed by atoms with Crippen LogP contribution in [-0.4, -0.2) is 148 Å². The largest absolute Gasteiger partial charge is 0.378 e. The molecule has 12 nitrogen and oxygen atoms in total. The van der Waals surface area contributed by atoms with Crippen molar-refractivity contribution in [2.45, 2.75) is 173 Å². The fourth-order valence-corrected chi connectivity index (χ4v) is 12.7. The smallest absolute Gasteiger partial charge is 0.195 e. The molecule has 3 unspecified atom stereocenters. The fourth-order valence-electron chi connectivity index (χ4n) is 6.42. The molecule has 0 fully saturated rings. The maximum absolute atomic E-state index is 13.1. The van der Waals surface area contributed by atoms with Crippen molar-refractivity contribution in [2.24, 2.45) is 17.1 Å². The number of rotatable bonds is 33. The molecule has 16 heteroatoms. The van der Waals surface area contributed by atoms with Crippen molar-refractivity contribution in [1.82, 2.24) is 24.0 Å². The summed E-state index contributed by atoms with van der Waals surface area (Å²) in [6.07, 6.45) is 0. The highest BCUT2D eigenvalue weighted by Gasteiger charge is 2.36. The van der Waals surface area contributed by atoms with Gasteiger partial charge in [0.1, 0.15) is 0 Å². The van der Waals surface area contributed by atoms with E-state index in [1.54, 1.807) is 0 Å². The van der Waals surface area contributed by atoms with Gasteiger partial charge in [0, 0.05) is 90.8 Å². The van der Waals surface area contributed by atoms with Crippen molar-refractivity contribution >= 4 is 50.7 Å². The Morgan fingerprint density at radius 2 is 0.930 bits per heavy atom. The highest BCUT2D eigenvalue weighted by molar-refractivity contribution is 8.14. The normalized spacial score (nSPS) is 14.9. The molecular formula is C41H88N6O6P2S2. The first-order chi connectivity index (χ1) is 26.5. The molecule has 0 amide bonds. The SMILES string of the molecule is CC(CNCC(C)N(C(C)C)P(OCCOCCSC(=O)C(C)(C)CN)N(C(C)C)C(C)C)C(=O)SCCOCCOP(N(C(C)C)C(C)C)N(C(C)C)C(C)C. The van der Waals surface area contributed by atoms with E-state index in [1.165, 1.54) is 23.5 Å². The Labute approximate surface area is 362 Å². The van der Waals surface area contributed by atoms with Gasteiger partial charge in [-0.3, -0.25) is 9.59 Å². The molecular weight excluding hydrogens is 799 g/mol. The van der Waals surface area contributed by atoms with E-state index >= 15 is 0 Å². The molecule has 0 aliphatic carbocycles. The minimum atomic E-state index is -1.10. The second kappa shape index (κ2) is 30.5. The fraction of sp³-hybridized carbons (Fsp3) is 0.951. The van der Waals surface area contributed by atoms with Crippen molar-refractivity contribution in [3.05, 3.63) is 0 Å². The van der Waals surface area contributed by atoms with E-state index in [0.717, 1.165) is 6.54 Å². The van der Waals surface area contributed by atoms with E-state index < -0.39 is 22.3 Å². The maximum atomic E-state index is 13.1. The second-order valence-electron chi connectivity index (χ2n) is 17.4. The van der Waals surface area contributed by atoms with E-state index in [2.05, 4.69) is 128 Å². The average molecular weight is 887 g/mol. The Kier molecular flexibility index (Phi) is 30.8. The number of hydrogen-bond acceptors (Lipinski definition) is 14. The lowest BCUT2D eigenvalue weighted by Crippen LogP contribution is -2.47. The molecule has 340 valence electrons. The third-order valence-corrected chi connectivity index (χ3v) is 17.4. The van der Waals surface area contributed by atoms with Crippen LogP contribution >= 0.6 is 40.4 Å². The lowest BCUT2D eigenvalue weighted by molar-refractivity contribution is -0.117. The van der Waals surface area contributed by atoms with Crippen LogP contribution < -0.4 is 11.1 Å². The number of nitrogens with one attached hydrogen (secondary N) is 1. The number of hydrogen-bond donors (Lipinski definition) is 2. The van der Waals surface area contributed by atoms with Gasteiger partial charge in [-0.05, 0) is 104 Å². The van der Waals surface area contributed by atoms with Crippen molar-refractivity contribution in [1.29, 1.82) is 0 Å². The van der Waals surface area contributed by atoms with Crippen molar-refractivity contribution < 1.29 is 28.1 Å². The van der Waals surface area contributed by atoms with Crippen molar-refractivity contribution in [3.63, 3.8) is 0 Å². The van der Waals surface area contributed by atoms with E-state index in [4.69, 9.17) is 24.3 Å². The van der Waals surface area contributed by atoms with Crippen LogP contribution in [0.2, 0.25) is 0 Å². The molecule has 0 aromatic heterocycles. The molecule has 0 rings (SSSR count). The highest BCUT2D eigenvalue weighted by Crippen LogP contribution is 2.51. The van der Waals surface area contributed by atoms with Gasteiger partial charge in [0.2, 0.25) is 0 Å². The van der Waals surface area contributed by atoms with Gasteiger partial charge in [0.25, 0.3) is 0 Å². The third kappa shape index (κ3) is 21.9. The Morgan fingerprint density at radius 1 is 0.561 bits per heavy atom. The number of carbonyl (C=O) groups is 2. The molecule has 3 N–H and O–H groups in total. The van der Waals surface area contributed by atoms with Crippen LogP contribution in [0.3, 0.4) is 0 Å². The average Bonchev–Trinajstić information content (AvgIpc) is 3.09. The first kappa shape index (κ1) is 57.5. The number of thioether (sulfide) groups is 2. The van der Waals surface area contributed by atoms with E-state index in [1.807, 2.05) is 20.8 Å². The van der Waals surface area contributed by atoms with Crippen LogP contribution in [-0.2, 0) is 28.1 Å². The molecule has 0 aliphatic heterocycles. The zero-order valence-corrected chi connectivity index (χ0v) is 42.9. The zero-order chi connectivity index (χ0) is 44.0. The number of carbonyl (C=O) groups excluding carboxylic acids is 2. The monoisotopic (exact) mass is 887 g/mol. The van der Waals surface area contributed by atoms with Gasteiger partial charge in [0.05, 0.1) is 39.6 Å². The minimum absolute atomic E-state index is 0.0950. The molecule has 0 heterocycles. The summed E-state index contributed by atoms with van der Waals surface area (Å²) in [5.41, 5.74) is 5.22. The summed E-state index contributed by atoms with van der Waals surface area (Å²) in [7, 11) is -2.04. The summed E-state index contributed by atoms with van der Waals surface area (Å²) >= 11 is 2.64. The number of nitrogens with zero attached hydrogens (tertiary/aromatic N) is 4. The Bertz CT molecular complexity index is 1030. The van der Waals surface area contributed by atoms with Gasteiger partial charge in [-0.25, -0.2) is 18.7 Å². The quantitative estimate of drug-likeness (QED) is 0.0483. The molecule has 0 bridgehead atoms. The predicted molar refractivity (Wildman–Crippen MR) is 250 cm³/mol.